The summed E-state index contributed by atoms with van der Waals surface area (Å²) in [6.07, 6.45) is 1.75. The van der Waals surface area contributed by atoms with Crippen LogP contribution in [0.3, 0.4) is 0 Å². The van der Waals surface area contributed by atoms with Crippen LogP contribution >= 0.6 is 11.6 Å². The van der Waals surface area contributed by atoms with Crippen LogP contribution in [0.2, 0.25) is 5.02 Å². The van der Waals surface area contributed by atoms with Crippen LogP contribution in [0.25, 0.3) is 0 Å². The molecule has 0 bridgehead atoms. The van der Waals surface area contributed by atoms with Crippen molar-refractivity contribution in [3.63, 3.8) is 0 Å². The second kappa shape index (κ2) is 5.59. The fourth-order valence-corrected chi connectivity index (χ4v) is 1.86. The number of rotatable bonds is 4. The summed E-state index contributed by atoms with van der Waals surface area (Å²) in [7, 11) is 0. The van der Waals surface area contributed by atoms with Crippen LogP contribution < -0.4 is 10.6 Å². The van der Waals surface area contributed by atoms with Gasteiger partial charge in [0.1, 0.15) is 0 Å². The summed E-state index contributed by atoms with van der Waals surface area (Å²) in [5.41, 5.74) is 0.252. The predicted octanol–water partition coefficient (Wildman–Crippen LogP) is 1.17. The molecule has 0 atom stereocenters. The molecule has 1 aromatic carbocycles. The third-order valence-corrected chi connectivity index (χ3v) is 3.44. The number of nitrogens with one attached hydrogen (secondary N) is 2. The van der Waals surface area contributed by atoms with Crippen molar-refractivity contribution in [1.29, 1.82) is 0 Å². The highest BCUT2D eigenvalue weighted by molar-refractivity contribution is 6.39. The second-order valence-electron chi connectivity index (χ2n) is 4.81. The van der Waals surface area contributed by atoms with Crippen molar-refractivity contribution in [1.82, 2.24) is 5.32 Å². The lowest BCUT2D eigenvalue weighted by Gasteiger charge is -2.12. The number of amides is 2. The molecule has 1 fully saturated rings. The normalized spacial score (nSPS) is 15.7. The number of anilines is 1. The van der Waals surface area contributed by atoms with E-state index in [1.165, 1.54) is 0 Å². The van der Waals surface area contributed by atoms with Gasteiger partial charge in [-0.3, -0.25) is 9.59 Å². The number of aliphatic hydroxyl groups excluding tert-OH is 1. The van der Waals surface area contributed by atoms with Gasteiger partial charge in [-0.2, -0.15) is 0 Å². The minimum absolute atomic E-state index is 0.0309. The van der Waals surface area contributed by atoms with E-state index in [9.17, 15) is 9.59 Å². The first-order valence-electron chi connectivity index (χ1n) is 6.00. The first kappa shape index (κ1) is 13.8. The summed E-state index contributed by atoms with van der Waals surface area (Å²) in [5.74, 6) is -1.45. The number of aliphatic hydroxyl groups is 1. The van der Waals surface area contributed by atoms with Crippen LogP contribution in [0.5, 0.6) is 0 Å². The van der Waals surface area contributed by atoms with E-state index in [0.29, 0.717) is 17.3 Å². The van der Waals surface area contributed by atoms with E-state index in [-0.39, 0.29) is 12.0 Å². The first-order chi connectivity index (χ1) is 9.04. The average Bonchev–Trinajstić information content (AvgIpc) is 3.16. The van der Waals surface area contributed by atoms with Gasteiger partial charge in [-0.15, -0.1) is 0 Å². The number of halogens is 1. The Hall–Kier alpha value is -1.59. The van der Waals surface area contributed by atoms with Crippen LogP contribution in [0, 0.1) is 5.41 Å². The van der Waals surface area contributed by atoms with Crippen molar-refractivity contribution in [2.24, 2.45) is 5.41 Å². The van der Waals surface area contributed by atoms with Gasteiger partial charge in [-0.1, -0.05) is 17.7 Å². The van der Waals surface area contributed by atoms with E-state index in [0.717, 1.165) is 12.8 Å². The fourth-order valence-electron chi connectivity index (χ4n) is 1.67. The summed E-state index contributed by atoms with van der Waals surface area (Å²) in [4.78, 5) is 23.2. The van der Waals surface area contributed by atoms with Crippen molar-refractivity contribution >= 4 is 29.1 Å². The van der Waals surface area contributed by atoms with Crippen molar-refractivity contribution in [2.45, 2.75) is 12.8 Å². The Kier molecular flexibility index (Phi) is 4.07. The van der Waals surface area contributed by atoms with E-state index in [1.54, 1.807) is 24.3 Å². The van der Waals surface area contributed by atoms with Crippen LogP contribution in [0.15, 0.2) is 24.3 Å². The monoisotopic (exact) mass is 282 g/mol. The second-order valence-corrected chi connectivity index (χ2v) is 5.24. The van der Waals surface area contributed by atoms with E-state index in [4.69, 9.17) is 16.7 Å². The van der Waals surface area contributed by atoms with Gasteiger partial charge in [-0.25, -0.2) is 0 Å². The molecule has 19 heavy (non-hydrogen) atoms. The van der Waals surface area contributed by atoms with E-state index in [2.05, 4.69) is 10.6 Å². The fraction of sp³-hybridized carbons (Fsp3) is 0.385. The quantitative estimate of drug-likeness (QED) is 0.725. The molecule has 1 saturated carbocycles. The molecule has 1 aliphatic carbocycles. The van der Waals surface area contributed by atoms with Crippen LogP contribution in [0.4, 0.5) is 5.69 Å². The zero-order valence-corrected chi connectivity index (χ0v) is 11.0. The molecule has 2 rings (SSSR count). The standard InChI is InChI=1S/C13H15ClN2O3/c14-9-2-1-3-10(6-9)16-12(19)11(18)15-7-13(8-17)4-5-13/h1-3,6,17H,4-5,7-8H2,(H,15,18)(H,16,19). The minimum Gasteiger partial charge on any atom is -0.396 e. The molecule has 0 spiro atoms. The lowest BCUT2D eigenvalue weighted by atomic mass is 10.1. The molecule has 0 unspecified atom stereocenters. The maximum Gasteiger partial charge on any atom is 0.313 e. The molecule has 0 radical (unpaired) electrons. The molecule has 2 amide bonds. The van der Waals surface area contributed by atoms with Crippen LogP contribution in [-0.4, -0.2) is 30.1 Å². The summed E-state index contributed by atoms with van der Waals surface area (Å²) < 4.78 is 0. The van der Waals surface area contributed by atoms with Gasteiger partial charge in [0.15, 0.2) is 0 Å². The maximum atomic E-state index is 11.6. The summed E-state index contributed by atoms with van der Waals surface area (Å²) in [6.45, 7) is 0.356. The smallest absolute Gasteiger partial charge is 0.313 e. The van der Waals surface area contributed by atoms with Gasteiger partial charge in [0, 0.05) is 22.7 Å². The highest BCUT2D eigenvalue weighted by atomic mass is 35.5. The Bertz CT molecular complexity index is 500. The number of hydrogen-bond acceptors (Lipinski definition) is 3. The third kappa shape index (κ3) is 3.68. The Morgan fingerprint density at radius 1 is 1.32 bits per heavy atom. The van der Waals surface area contributed by atoms with Crippen molar-refractivity contribution in [3.8, 4) is 0 Å². The predicted molar refractivity (Wildman–Crippen MR) is 71.8 cm³/mol. The third-order valence-electron chi connectivity index (χ3n) is 3.21. The largest absolute Gasteiger partial charge is 0.396 e. The van der Waals surface area contributed by atoms with E-state index in [1.807, 2.05) is 0 Å². The zero-order chi connectivity index (χ0) is 13.9. The van der Waals surface area contributed by atoms with E-state index < -0.39 is 11.8 Å². The highest BCUT2D eigenvalue weighted by Gasteiger charge is 2.42. The average molecular weight is 283 g/mol. The van der Waals surface area contributed by atoms with Gasteiger partial charge < -0.3 is 15.7 Å². The van der Waals surface area contributed by atoms with Crippen molar-refractivity contribution in [2.75, 3.05) is 18.5 Å². The summed E-state index contributed by atoms with van der Waals surface area (Å²) in [5, 5.41) is 14.6. The molecule has 0 heterocycles. The van der Waals surface area contributed by atoms with Gasteiger partial charge in [0.2, 0.25) is 0 Å². The Labute approximate surface area is 116 Å². The molecular formula is C13H15ClN2O3. The molecule has 1 aliphatic rings. The number of benzene rings is 1. The molecule has 5 nitrogen and oxygen atoms in total. The first-order valence-corrected chi connectivity index (χ1v) is 6.38. The van der Waals surface area contributed by atoms with E-state index >= 15 is 0 Å². The molecule has 0 aliphatic heterocycles. The lowest BCUT2D eigenvalue weighted by molar-refractivity contribution is -0.136. The molecule has 0 aromatic heterocycles. The van der Waals surface area contributed by atoms with Gasteiger partial charge in [0.05, 0.1) is 6.61 Å². The number of carbonyl (C=O) groups is 2. The van der Waals surface area contributed by atoms with Crippen LogP contribution in [0.1, 0.15) is 12.8 Å². The Morgan fingerprint density at radius 3 is 2.63 bits per heavy atom. The number of carbonyl (C=O) groups excluding carboxylic acids is 2. The Morgan fingerprint density at radius 2 is 2.05 bits per heavy atom. The molecule has 3 N–H and O–H groups in total. The molecule has 1 aromatic rings. The number of hydrogen-bond donors (Lipinski definition) is 3. The lowest BCUT2D eigenvalue weighted by Crippen LogP contribution is -2.39. The van der Waals surface area contributed by atoms with Crippen molar-refractivity contribution in [3.05, 3.63) is 29.3 Å². The van der Waals surface area contributed by atoms with Gasteiger partial charge in [0.25, 0.3) is 0 Å². The molecular weight excluding hydrogens is 268 g/mol. The molecule has 102 valence electrons. The van der Waals surface area contributed by atoms with Gasteiger partial charge >= 0.3 is 11.8 Å². The SMILES string of the molecule is O=C(NCC1(CO)CC1)C(=O)Nc1cccc(Cl)c1. The summed E-state index contributed by atoms with van der Waals surface area (Å²) >= 11 is 5.78. The molecule has 0 saturated heterocycles. The highest BCUT2D eigenvalue weighted by Crippen LogP contribution is 2.44. The van der Waals surface area contributed by atoms with Crippen LogP contribution in [-0.2, 0) is 9.59 Å². The summed E-state index contributed by atoms with van der Waals surface area (Å²) in [6, 6.07) is 6.56. The molecule has 6 heteroatoms. The zero-order valence-electron chi connectivity index (χ0n) is 10.3. The van der Waals surface area contributed by atoms with Gasteiger partial charge in [-0.05, 0) is 31.0 Å². The topological polar surface area (TPSA) is 78.4 Å². The maximum absolute atomic E-state index is 11.6. The van der Waals surface area contributed by atoms with Crippen molar-refractivity contribution < 1.29 is 14.7 Å². The Balaban J connectivity index is 1.84. The minimum atomic E-state index is -0.740.